The number of rotatable bonds is 4. The van der Waals surface area contributed by atoms with E-state index in [-0.39, 0.29) is 12.3 Å². The first-order valence-corrected chi connectivity index (χ1v) is 6.63. The third-order valence-electron chi connectivity index (χ3n) is 2.63. The average Bonchev–Trinajstić information content (AvgIpc) is 2.14. The SMILES string of the molecule is CCN1CCN(CCS(=O)(=O)O)C(O)C1. The van der Waals surface area contributed by atoms with Crippen LogP contribution in [0.2, 0.25) is 0 Å². The van der Waals surface area contributed by atoms with Crippen molar-refractivity contribution in [1.82, 2.24) is 9.80 Å². The van der Waals surface area contributed by atoms with Crippen LogP contribution in [0.25, 0.3) is 0 Å². The van der Waals surface area contributed by atoms with Gasteiger partial charge in [-0.05, 0) is 6.54 Å². The fourth-order valence-corrected chi connectivity index (χ4v) is 2.10. The van der Waals surface area contributed by atoms with Gasteiger partial charge in [-0.15, -0.1) is 0 Å². The molecule has 7 heteroatoms. The number of piperazine rings is 1. The highest BCUT2D eigenvalue weighted by Crippen LogP contribution is 2.07. The van der Waals surface area contributed by atoms with Crippen molar-refractivity contribution in [3.8, 4) is 0 Å². The minimum Gasteiger partial charge on any atom is -0.377 e. The van der Waals surface area contributed by atoms with E-state index in [1.807, 2.05) is 6.92 Å². The number of hydrogen-bond donors (Lipinski definition) is 2. The smallest absolute Gasteiger partial charge is 0.266 e. The fourth-order valence-electron chi connectivity index (χ4n) is 1.64. The lowest BCUT2D eigenvalue weighted by atomic mass is 10.3. The zero-order valence-electron chi connectivity index (χ0n) is 8.83. The Kier molecular flexibility index (Phi) is 4.47. The molecule has 15 heavy (non-hydrogen) atoms. The molecular formula is C8H18N2O4S. The van der Waals surface area contributed by atoms with E-state index in [1.54, 1.807) is 4.90 Å². The van der Waals surface area contributed by atoms with Crippen LogP contribution in [0.15, 0.2) is 0 Å². The number of nitrogens with zero attached hydrogens (tertiary/aromatic N) is 2. The molecule has 2 N–H and O–H groups in total. The summed E-state index contributed by atoms with van der Waals surface area (Å²) in [5, 5.41) is 9.68. The van der Waals surface area contributed by atoms with E-state index in [0.717, 1.165) is 13.1 Å². The van der Waals surface area contributed by atoms with Gasteiger partial charge in [-0.2, -0.15) is 8.42 Å². The number of β-amino-alcohol motifs (C(OH)–C–C–N with tert-alkyl or cyclic N) is 1. The highest BCUT2D eigenvalue weighted by atomic mass is 32.2. The molecule has 0 aromatic rings. The summed E-state index contributed by atoms with van der Waals surface area (Å²) in [4.78, 5) is 3.76. The van der Waals surface area contributed by atoms with Gasteiger partial charge in [0.1, 0.15) is 6.23 Å². The Bertz CT molecular complexity index is 293. The molecular weight excluding hydrogens is 220 g/mol. The number of aliphatic hydroxyl groups is 1. The number of hydrogen-bond acceptors (Lipinski definition) is 5. The molecule has 1 aliphatic rings. The second-order valence-electron chi connectivity index (χ2n) is 3.70. The summed E-state index contributed by atoms with van der Waals surface area (Å²) in [6.45, 7) is 5.05. The van der Waals surface area contributed by atoms with Crippen molar-refractivity contribution in [3.05, 3.63) is 0 Å². The van der Waals surface area contributed by atoms with E-state index in [9.17, 15) is 13.5 Å². The molecule has 0 aromatic carbocycles. The van der Waals surface area contributed by atoms with Crippen LogP contribution in [0.5, 0.6) is 0 Å². The van der Waals surface area contributed by atoms with Crippen LogP contribution in [-0.2, 0) is 10.1 Å². The molecule has 0 aromatic heterocycles. The maximum Gasteiger partial charge on any atom is 0.266 e. The van der Waals surface area contributed by atoms with E-state index in [2.05, 4.69) is 4.90 Å². The Hall–Kier alpha value is -0.210. The van der Waals surface area contributed by atoms with Crippen molar-refractivity contribution in [3.63, 3.8) is 0 Å². The quantitative estimate of drug-likeness (QED) is 0.601. The van der Waals surface area contributed by atoms with Gasteiger partial charge in [0.05, 0.1) is 5.75 Å². The summed E-state index contributed by atoms with van der Waals surface area (Å²) >= 11 is 0. The Morgan fingerprint density at radius 1 is 1.40 bits per heavy atom. The van der Waals surface area contributed by atoms with E-state index in [4.69, 9.17) is 4.55 Å². The van der Waals surface area contributed by atoms with Crippen LogP contribution in [0.1, 0.15) is 6.92 Å². The van der Waals surface area contributed by atoms with Crippen LogP contribution in [0, 0.1) is 0 Å². The molecule has 1 unspecified atom stereocenters. The summed E-state index contributed by atoms with van der Waals surface area (Å²) in [6, 6.07) is 0. The monoisotopic (exact) mass is 238 g/mol. The lowest BCUT2D eigenvalue weighted by molar-refractivity contribution is -0.0510. The Morgan fingerprint density at radius 2 is 2.07 bits per heavy atom. The molecule has 0 spiro atoms. The van der Waals surface area contributed by atoms with Crippen LogP contribution < -0.4 is 0 Å². The van der Waals surface area contributed by atoms with Crippen molar-refractivity contribution < 1.29 is 18.1 Å². The maximum atomic E-state index is 10.5. The fraction of sp³-hybridized carbons (Fsp3) is 1.00. The van der Waals surface area contributed by atoms with Gasteiger partial charge in [0.25, 0.3) is 10.1 Å². The van der Waals surface area contributed by atoms with E-state index in [0.29, 0.717) is 13.1 Å². The molecule has 90 valence electrons. The predicted molar refractivity (Wildman–Crippen MR) is 56.1 cm³/mol. The summed E-state index contributed by atoms with van der Waals surface area (Å²) in [7, 11) is -3.93. The molecule has 0 bridgehead atoms. The van der Waals surface area contributed by atoms with Crippen LogP contribution in [0.3, 0.4) is 0 Å². The van der Waals surface area contributed by atoms with Crippen LogP contribution in [-0.4, -0.2) is 72.6 Å². The van der Waals surface area contributed by atoms with Crippen molar-refractivity contribution in [1.29, 1.82) is 0 Å². The highest BCUT2D eigenvalue weighted by molar-refractivity contribution is 7.85. The van der Waals surface area contributed by atoms with Crippen LogP contribution >= 0.6 is 0 Å². The molecule has 1 heterocycles. The summed E-state index contributed by atoms with van der Waals surface area (Å²) in [6.07, 6.45) is -0.638. The van der Waals surface area contributed by atoms with Gasteiger partial charge in [-0.25, -0.2) is 0 Å². The summed E-state index contributed by atoms with van der Waals surface area (Å²) in [5.41, 5.74) is 0. The standard InChI is InChI=1S/C8H18N2O4S/c1-2-9-3-4-10(8(11)7-9)5-6-15(12,13)14/h8,11H,2-7H2,1H3,(H,12,13,14). The molecule has 1 rings (SSSR count). The molecule has 1 saturated heterocycles. The zero-order valence-corrected chi connectivity index (χ0v) is 9.65. The Morgan fingerprint density at radius 3 is 2.53 bits per heavy atom. The first kappa shape index (κ1) is 12.9. The lowest BCUT2D eigenvalue weighted by Crippen LogP contribution is -2.53. The maximum absolute atomic E-state index is 10.5. The van der Waals surface area contributed by atoms with E-state index < -0.39 is 16.3 Å². The van der Waals surface area contributed by atoms with Gasteiger partial charge < -0.3 is 5.11 Å². The average molecular weight is 238 g/mol. The largest absolute Gasteiger partial charge is 0.377 e. The highest BCUT2D eigenvalue weighted by Gasteiger charge is 2.24. The van der Waals surface area contributed by atoms with Crippen molar-refractivity contribution in [2.24, 2.45) is 0 Å². The second-order valence-corrected chi connectivity index (χ2v) is 5.27. The third-order valence-corrected chi connectivity index (χ3v) is 3.33. The van der Waals surface area contributed by atoms with E-state index in [1.165, 1.54) is 0 Å². The van der Waals surface area contributed by atoms with Crippen LogP contribution in [0.4, 0.5) is 0 Å². The second kappa shape index (κ2) is 5.22. The Balaban J connectivity index is 2.38. The van der Waals surface area contributed by atoms with Gasteiger partial charge in [0, 0.05) is 26.2 Å². The number of aliphatic hydroxyl groups excluding tert-OH is 1. The summed E-state index contributed by atoms with van der Waals surface area (Å²) in [5.74, 6) is -0.323. The molecule has 0 aliphatic carbocycles. The summed E-state index contributed by atoms with van der Waals surface area (Å²) < 4.78 is 29.7. The van der Waals surface area contributed by atoms with Crippen molar-refractivity contribution in [2.75, 3.05) is 38.5 Å². The van der Waals surface area contributed by atoms with Crippen molar-refractivity contribution in [2.45, 2.75) is 13.2 Å². The van der Waals surface area contributed by atoms with Gasteiger partial charge in [-0.1, -0.05) is 6.92 Å². The van der Waals surface area contributed by atoms with Gasteiger partial charge >= 0.3 is 0 Å². The topological polar surface area (TPSA) is 81.1 Å². The van der Waals surface area contributed by atoms with E-state index >= 15 is 0 Å². The third kappa shape index (κ3) is 4.43. The molecule has 0 saturated carbocycles. The molecule has 0 radical (unpaired) electrons. The molecule has 1 atom stereocenters. The first-order chi connectivity index (χ1) is 6.92. The molecule has 6 nitrogen and oxygen atoms in total. The minimum absolute atomic E-state index is 0.178. The lowest BCUT2D eigenvalue weighted by Gasteiger charge is -2.37. The molecule has 0 amide bonds. The van der Waals surface area contributed by atoms with Gasteiger partial charge in [0.15, 0.2) is 0 Å². The number of likely N-dealkylation sites (N-methyl/N-ethyl adjacent to an activating group) is 1. The molecule has 1 fully saturated rings. The Labute approximate surface area is 90.2 Å². The normalized spacial score (nSPS) is 25.7. The molecule has 1 aliphatic heterocycles. The minimum atomic E-state index is -3.93. The predicted octanol–water partition coefficient (Wildman–Crippen LogP) is -1.17. The van der Waals surface area contributed by atoms with Gasteiger partial charge in [0.2, 0.25) is 0 Å². The van der Waals surface area contributed by atoms with Crippen molar-refractivity contribution >= 4 is 10.1 Å². The van der Waals surface area contributed by atoms with Gasteiger partial charge in [-0.3, -0.25) is 14.4 Å². The zero-order chi connectivity index (χ0) is 11.5. The first-order valence-electron chi connectivity index (χ1n) is 5.02.